The molecule has 1 heterocycles. The Kier molecular flexibility index (Phi) is 2.81. The van der Waals surface area contributed by atoms with Crippen molar-refractivity contribution in [3.05, 3.63) is 35.3 Å². The fourth-order valence-corrected chi connectivity index (χ4v) is 2.41. The Morgan fingerprint density at radius 2 is 2.24 bits per heavy atom. The monoisotopic (exact) mass is 252 g/mol. The number of benzene rings is 1. The fourth-order valence-electron chi connectivity index (χ4n) is 1.50. The van der Waals surface area contributed by atoms with E-state index in [0.717, 1.165) is 16.9 Å². The molecule has 0 atom stereocenters. The minimum absolute atomic E-state index is 0.138. The molecular formula is C11H9FN2O2S. The first kappa shape index (κ1) is 11.5. The van der Waals surface area contributed by atoms with Crippen molar-refractivity contribution in [3.63, 3.8) is 0 Å². The lowest BCUT2D eigenvalue weighted by Gasteiger charge is -2.03. The third kappa shape index (κ3) is 2.12. The zero-order chi connectivity index (χ0) is 12.6. The van der Waals surface area contributed by atoms with Gasteiger partial charge in [-0.3, -0.25) is 0 Å². The van der Waals surface area contributed by atoms with Crippen molar-refractivity contribution in [1.82, 2.24) is 4.98 Å². The third-order valence-electron chi connectivity index (χ3n) is 2.29. The highest BCUT2D eigenvalue weighted by Crippen LogP contribution is 2.34. The van der Waals surface area contributed by atoms with Crippen LogP contribution in [-0.4, -0.2) is 16.1 Å². The summed E-state index contributed by atoms with van der Waals surface area (Å²) in [6.07, 6.45) is 0. The molecule has 4 nitrogen and oxygen atoms in total. The highest BCUT2D eigenvalue weighted by Gasteiger charge is 2.19. The molecule has 0 fully saturated rings. The second kappa shape index (κ2) is 4.14. The van der Waals surface area contributed by atoms with Crippen LogP contribution in [0.25, 0.3) is 10.4 Å². The van der Waals surface area contributed by atoms with Crippen LogP contribution in [0, 0.1) is 12.7 Å². The molecule has 0 bridgehead atoms. The first-order chi connectivity index (χ1) is 7.99. The summed E-state index contributed by atoms with van der Waals surface area (Å²) >= 11 is 1.04. The van der Waals surface area contributed by atoms with Crippen LogP contribution < -0.4 is 5.73 Å². The average Bonchev–Trinajstić information content (AvgIpc) is 2.64. The number of hydrogen-bond acceptors (Lipinski definition) is 4. The van der Waals surface area contributed by atoms with Crippen molar-refractivity contribution >= 4 is 22.4 Å². The summed E-state index contributed by atoms with van der Waals surface area (Å²) in [5.41, 5.74) is 6.64. The van der Waals surface area contributed by atoms with E-state index in [0.29, 0.717) is 10.4 Å². The fraction of sp³-hybridized carbons (Fsp3) is 0.0909. The SMILES string of the molecule is Cc1ccc(F)cc1-c1sc(N)nc1C(=O)O. The predicted molar refractivity (Wildman–Crippen MR) is 63.6 cm³/mol. The largest absolute Gasteiger partial charge is 0.476 e. The van der Waals surface area contributed by atoms with E-state index in [2.05, 4.69) is 4.98 Å². The van der Waals surface area contributed by atoms with Gasteiger partial charge in [0.1, 0.15) is 5.82 Å². The van der Waals surface area contributed by atoms with E-state index in [1.807, 2.05) is 0 Å². The smallest absolute Gasteiger partial charge is 0.356 e. The molecule has 0 spiro atoms. The van der Waals surface area contributed by atoms with E-state index >= 15 is 0 Å². The van der Waals surface area contributed by atoms with Crippen molar-refractivity contribution in [3.8, 4) is 10.4 Å². The quantitative estimate of drug-likeness (QED) is 0.861. The Morgan fingerprint density at radius 3 is 2.88 bits per heavy atom. The Labute approximate surface area is 101 Å². The van der Waals surface area contributed by atoms with Crippen LogP contribution in [0.5, 0.6) is 0 Å². The van der Waals surface area contributed by atoms with Gasteiger partial charge in [-0.2, -0.15) is 0 Å². The Hall–Kier alpha value is -1.95. The van der Waals surface area contributed by atoms with Crippen LogP contribution in [0.1, 0.15) is 16.1 Å². The van der Waals surface area contributed by atoms with Gasteiger partial charge in [-0.05, 0) is 24.6 Å². The molecule has 0 aliphatic carbocycles. The standard InChI is InChI=1S/C11H9FN2O2S/c1-5-2-3-6(12)4-7(5)9-8(10(15)16)14-11(13)17-9/h2-4H,1H3,(H2,13,14)(H,15,16). The number of carboxylic acids is 1. The first-order valence-corrected chi connectivity index (χ1v) is 5.57. The topological polar surface area (TPSA) is 76.2 Å². The van der Waals surface area contributed by atoms with E-state index < -0.39 is 11.8 Å². The van der Waals surface area contributed by atoms with Crippen molar-refractivity contribution in [2.45, 2.75) is 6.92 Å². The number of aromatic carboxylic acids is 1. The highest BCUT2D eigenvalue weighted by atomic mass is 32.1. The molecule has 1 aromatic carbocycles. The molecule has 17 heavy (non-hydrogen) atoms. The lowest BCUT2D eigenvalue weighted by atomic mass is 10.1. The molecule has 0 saturated carbocycles. The summed E-state index contributed by atoms with van der Waals surface area (Å²) in [5, 5.41) is 9.15. The number of aryl methyl sites for hydroxylation is 1. The maximum Gasteiger partial charge on any atom is 0.356 e. The molecule has 2 rings (SSSR count). The van der Waals surface area contributed by atoms with Gasteiger partial charge < -0.3 is 10.8 Å². The van der Waals surface area contributed by atoms with E-state index in [-0.39, 0.29) is 10.8 Å². The Balaban J connectivity index is 2.67. The minimum atomic E-state index is -1.17. The number of carboxylic acid groups (broad SMARTS) is 1. The van der Waals surface area contributed by atoms with Gasteiger partial charge in [0.05, 0.1) is 4.88 Å². The molecule has 0 amide bonds. The van der Waals surface area contributed by atoms with Gasteiger partial charge >= 0.3 is 5.97 Å². The molecular weight excluding hydrogens is 243 g/mol. The number of aromatic nitrogens is 1. The second-order valence-electron chi connectivity index (χ2n) is 3.49. The summed E-state index contributed by atoms with van der Waals surface area (Å²) in [6, 6.07) is 4.20. The van der Waals surface area contributed by atoms with Crippen molar-refractivity contribution < 1.29 is 14.3 Å². The zero-order valence-corrected chi connectivity index (χ0v) is 9.71. The van der Waals surface area contributed by atoms with Gasteiger partial charge in [-0.1, -0.05) is 17.4 Å². The van der Waals surface area contributed by atoms with Crippen LogP contribution in [-0.2, 0) is 0 Å². The summed E-state index contributed by atoms with van der Waals surface area (Å²) in [7, 11) is 0. The first-order valence-electron chi connectivity index (χ1n) is 4.75. The van der Waals surface area contributed by atoms with E-state index in [4.69, 9.17) is 10.8 Å². The van der Waals surface area contributed by atoms with E-state index in [1.54, 1.807) is 13.0 Å². The molecule has 0 unspecified atom stereocenters. The van der Waals surface area contributed by atoms with Gasteiger partial charge in [0.25, 0.3) is 0 Å². The number of halogens is 1. The van der Waals surface area contributed by atoms with Crippen LogP contribution in [0.15, 0.2) is 18.2 Å². The lowest BCUT2D eigenvalue weighted by molar-refractivity contribution is 0.0692. The third-order valence-corrected chi connectivity index (χ3v) is 3.21. The van der Waals surface area contributed by atoms with Crippen LogP contribution >= 0.6 is 11.3 Å². The van der Waals surface area contributed by atoms with Crippen molar-refractivity contribution in [2.24, 2.45) is 0 Å². The van der Waals surface area contributed by atoms with Gasteiger partial charge in [0.2, 0.25) is 0 Å². The Bertz CT molecular complexity index is 595. The van der Waals surface area contributed by atoms with E-state index in [1.165, 1.54) is 12.1 Å². The zero-order valence-electron chi connectivity index (χ0n) is 8.90. The number of nitrogens with zero attached hydrogens (tertiary/aromatic N) is 1. The second-order valence-corrected chi connectivity index (χ2v) is 4.52. The highest BCUT2D eigenvalue weighted by molar-refractivity contribution is 7.19. The number of nitrogen functional groups attached to an aromatic ring is 1. The number of nitrogens with two attached hydrogens (primary N) is 1. The van der Waals surface area contributed by atoms with Gasteiger partial charge in [-0.25, -0.2) is 14.2 Å². The number of thiazole rings is 1. The number of anilines is 1. The summed E-state index contributed by atoms with van der Waals surface area (Å²) in [6.45, 7) is 1.77. The summed E-state index contributed by atoms with van der Waals surface area (Å²) in [5.74, 6) is -1.59. The molecule has 0 radical (unpaired) electrons. The molecule has 0 aliphatic rings. The minimum Gasteiger partial charge on any atom is -0.476 e. The van der Waals surface area contributed by atoms with Crippen LogP contribution in [0.2, 0.25) is 0 Å². The van der Waals surface area contributed by atoms with Crippen LogP contribution in [0.3, 0.4) is 0 Å². The molecule has 0 saturated heterocycles. The molecule has 3 N–H and O–H groups in total. The number of rotatable bonds is 2. The molecule has 0 aliphatic heterocycles. The average molecular weight is 252 g/mol. The summed E-state index contributed by atoms with van der Waals surface area (Å²) in [4.78, 5) is 15.1. The van der Waals surface area contributed by atoms with Crippen molar-refractivity contribution in [2.75, 3.05) is 5.73 Å². The molecule has 1 aromatic heterocycles. The van der Waals surface area contributed by atoms with Crippen molar-refractivity contribution in [1.29, 1.82) is 0 Å². The number of carbonyl (C=O) groups is 1. The van der Waals surface area contributed by atoms with Gasteiger partial charge in [-0.15, -0.1) is 0 Å². The van der Waals surface area contributed by atoms with Gasteiger partial charge in [0, 0.05) is 5.56 Å². The maximum atomic E-state index is 13.2. The molecule has 88 valence electrons. The normalized spacial score (nSPS) is 10.5. The lowest BCUT2D eigenvalue weighted by Crippen LogP contribution is -2.00. The number of hydrogen-bond donors (Lipinski definition) is 2. The molecule has 2 aromatic rings. The summed E-state index contributed by atoms with van der Waals surface area (Å²) < 4.78 is 13.2. The molecule has 6 heteroatoms. The van der Waals surface area contributed by atoms with E-state index in [9.17, 15) is 9.18 Å². The Morgan fingerprint density at radius 1 is 1.53 bits per heavy atom. The van der Waals surface area contributed by atoms with Gasteiger partial charge in [0.15, 0.2) is 10.8 Å². The predicted octanol–water partition coefficient (Wildman–Crippen LogP) is 2.54. The van der Waals surface area contributed by atoms with Crippen LogP contribution in [0.4, 0.5) is 9.52 Å². The maximum absolute atomic E-state index is 13.2.